The molecule has 14 heavy (non-hydrogen) atoms. The van der Waals surface area contributed by atoms with E-state index in [0.29, 0.717) is 0 Å². The van der Waals surface area contributed by atoms with Crippen molar-refractivity contribution in [2.45, 2.75) is 20.0 Å². The minimum Gasteiger partial charge on any atom is -0.376 e. The summed E-state index contributed by atoms with van der Waals surface area (Å²) in [4.78, 5) is 3.46. The predicted molar refractivity (Wildman–Crippen MR) is 56.4 cm³/mol. The number of benzene rings is 1. The summed E-state index contributed by atoms with van der Waals surface area (Å²) >= 11 is 0. The number of hydrogen-bond acceptors (Lipinski definition) is 1. The molecule has 2 nitrogen and oxygen atoms in total. The fourth-order valence-electron chi connectivity index (χ4n) is 2.14. The maximum absolute atomic E-state index is 5.48. The second-order valence-electron chi connectivity index (χ2n) is 3.93. The van der Waals surface area contributed by atoms with Gasteiger partial charge in [0.1, 0.15) is 0 Å². The molecule has 0 aliphatic carbocycles. The van der Waals surface area contributed by atoms with Crippen LogP contribution in [0.2, 0.25) is 0 Å². The van der Waals surface area contributed by atoms with E-state index in [-0.39, 0.29) is 0 Å². The molecule has 1 aliphatic heterocycles. The number of aryl methyl sites for hydroxylation is 1. The molecule has 2 heterocycles. The molecular formula is C12H13NO. The highest BCUT2D eigenvalue weighted by atomic mass is 16.5. The maximum atomic E-state index is 5.48. The maximum Gasteiger partial charge on any atom is 0.0740 e. The molecule has 72 valence electrons. The number of nitrogens with one attached hydrogen (secondary N) is 1. The van der Waals surface area contributed by atoms with Crippen molar-refractivity contribution in [3.8, 4) is 0 Å². The molecule has 2 heteroatoms. The Hall–Kier alpha value is -1.28. The number of rotatable bonds is 0. The summed E-state index contributed by atoms with van der Waals surface area (Å²) in [5, 5.41) is 1.33. The Bertz CT molecular complexity index is 484. The predicted octanol–water partition coefficient (Wildman–Crippen LogP) is 2.55. The first-order chi connectivity index (χ1) is 6.84. The molecule has 0 amide bonds. The second-order valence-corrected chi connectivity index (χ2v) is 3.93. The van der Waals surface area contributed by atoms with Crippen LogP contribution in [0.1, 0.15) is 16.8 Å². The Morgan fingerprint density at radius 2 is 2.29 bits per heavy atom. The van der Waals surface area contributed by atoms with Gasteiger partial charge in [0.25, 0.3) is 0 Å². The van der Waals surface area contributed by atoms with Gasteiger partial charge in [0.15, 0.2) is 0 Å². The van der Waals surface area contributed by atoms with Crippen LogP contribution in [-0.4, -0.2) is 11.6 Å². The number of H-pyrrole nitrogens is 1. The van der Waals surface area contributed by atoms with Crippen LogP contribution in [-0.2, 0) is 17.8 Å². The van der Waals surface area contributed by atoms with Crippen molar-refractivity contribution in [1.82, 2.24) is 4.98 Å². The summed E-state index contributed by atoms with van der Waals surface area (Å²) in [6, 6.07) is 6.54. The third kappa shape index (κ3) is 1.07. The molecule has 1 aliphatic rings. The quantitative estimate of drug-likeness (QED) is 0.673. The zero-order valence-electron chi connectivity index (χ0n) is 8.26. The molecule has 2 aromatic rings. The van der Waals surface area contributed by atoms with E-state index in [1.807, 2.05) is 0 Å². The minimum atomic E-state index is 0.763. The number of fused-ring (bicyclic) bond motifs is 3. The third-order valence-electron chi connectivity index (χ3n) is 2.89. The average molecular weight is 187 g/mol. The van der Waals surface area contributed by atoms with Crippen molar-refractivity contribution < 1.29 is 4.74 Å². The molecule has 1 N–H and O–H groups in total. The topological polar surface area (TPSA) is 25.0 Å². The van der Waals surface area contributed by atoms with Crippen LogP contribution in [0, 0.1) is 6.92 Å². The van der Waals surface area contributed by atoms with Crippen LogP contribution in [0.25, 0.3) is 10.9 Å². The zero-order valence-corrected chi connectivity index (χ0v) is 8.26. The highest BCUT2D eigenvalue weighted by Gasteiger charge is 2.15. The van der Waals surface area contributed by atoms with Gasteiger partial charge >= 0.3 is 0 Å². The SMILES string of the molecule is Cc1ccc2[nH]c3c(c2c1)COCC3. The molecule has 0 unspecified atom stereocenters. The summed E-state index contributed by atoms with van der Waals surface area (Å²) in [7, 11) is 0. The number of aromatic amines is 1. The lowest BCUT2D eigenvalue weighted by molar-refractivity contribution is 0.111. The fraction of sp³-hybridized carbons (Fsp3) is 0.333. The molecule has 3 rings (SSSR count). The van der Waals surface area contributed by atoms with E-state index in [0.717, 1.165) is 19.6 Å². The standard InChI is InChI=1S/C12H13NO/c1-8-2-3-11-9(6-8)10-7-14-5-4-12(10)13-11/h2-3,6,13H,4-5,7H2,1H3. The normalized spacial score (nSPS) is 15.8. The van der Waals surface area contributed by atoms with E-state index in [1.165, 1.54) is 27.7 Å². The third-order valence-corrected chi connectivity index (χ3v) is 2.89. The number of hydrogen-bond donors (Lipinski definition) is 1. The lowest BCUT2D eigenvalue weighted by Gasteiger charge is -2.11. The fourth-order valence-corrected chi connectivity index (χ4v) is 2.14. The van der Waals surface area contributed by atoms with E-state index in [1.54, 1.807) is 0 Å². The molecule has 0 bridgehead atoms. The summed E-state index contributed by atoms with van der Waals surface area (Å²) in [6.07, 6.45) is 1.02. The molecule has 1 aromatic carbocycles. The lowest BCUT2D eigenvalue weighted by Crippen LogP contribution is -2.08. The summed E-state index contributed by atoms with van der Waals surface area (Å²) in [5.74, 6) is 0. The van der Waals surface area contributed by atoms with E-state index in [9.17, 15) is 0 Å². The highest BCUT2D eigenvalue weighted by Crippen LogP contribution is 2.27. The molecule has 0 radical (unpaired) electrons. The van der Waals surface area contributed by atoms with Gasteiger partial charge in [0.05, 0.1) is 13.2 Å². The van der Waals surface area contributed by atoms with Gasteiger partial charge in [-0.25, -0.2) is 0 Å². The molecule has 0 fully saturated rings. The van der Waals surface area contributed by atoms with Gasteiger partial charge in [-0.15, -0.1) is 0 Å². The highest BCUT2D eigenvalue weighted by molar-refractivity contribution is 5.85. The smallest absolute Gasteiger partial charge is 0.0740 e. The number of aromatic nitrogens is 1. The van der Waals surface area contributed by atoms with Crippen molar-refractivity contribution in [3.05, 3.63) is 35.0 Å². The van der Waals surface area contributed by atoms with Gasteiger partial charge in [-0.1, -0.05) is 11.6 Å². The summed E-state index contributed by atoms with van der Waals surface area (Å²) in [6.45, 7) is 3.74. The van der Waals surface area contributed by atoms with E-state index in [4.69, 9.17) is 4.74 Å². The van der Waals surface area contributed by atoms with Gasteiger partial charge in [-0.05, 0) is 19.1 Å². The average Bonchev–Trinajstić information content (AvgIpc) is 2.56. The van der Waals surface area contributed by atoms with Crippen molar-refractivity contribution in [3.63, 3.8) is 0 Å². The molecule has 1 aromatic heterocycles. The summed E-state index contributed by atoms with van der Waals surface area (Å²) < 4.78 is 5.48. The van der Waals surface area contributed by atoms with Gasteiger partial charge in [0.2, 0.25) is 0 Å². The molecule has 0 saturated carbocycles. The Morgan fingerprint density at radius 1 is 1.36 bits per heavy atom. The molecular weight excluding hydrogens is 174 g/mol. The number of ether oxygens (including phenoxy) is 1. The first-order valence-corrected chi connectivity index (χ1v) is 5.02. The van der Waals surface area contributed by atoms with Crippen LogP contribution >= 0.6 is 0 Å². The van der Waals surface area contributed by atoms with E-state index >= 15 is 0 Å². The Labute approximate surface area is 82.9 Å². The summed E-state index contributed by atoms with van der Waals surface area (Å²) in [5.41, 5.74) is 5.27. The van der Waals surface area contributed by atoms with E-state index < -0.39 is 0 Å². The van der Waals surface area contributed by atoms with E-state index in [2.05, 4.69) is 30.1 Å². The van der Waals surface area contributed by atoms with Crippen LogP contribution < -0.4 is 0 Å². The first kappa shape index (κ1) is 8.06. The second kappa shape index (κ2) is 2.85. The zero-order chi connectivity index (χ0) is 9.54. The van der Waals surface area contributed by atoms with Crippen molar-refractivity contribution in [2.24, 2.45) is 0 Å². The van der Waals surface area contributed by atoms with Crippen molar-refractivity contribution in [1.29, 1.82) is 0 Å². The monoisotopic (exact) mass is 187 g/mol. The minimum absolute atomic E-state index is 0.763. The lowest BCUT2D eigenvalue weighted by atomic mass is 10.1. The van der Waals surface area contributed by atoms with Crippen LogP contribution in [0.15, 0.2) is 18.2 Å². The first-order valence-electron chi connectivity index (χ1n) is 5.02. The van der Waals surface area contributed by atoms with Crippen LogP contribution in [0.5, 0.6) is 0 Å². The van der Waals surface area contributed by atoms with Gasteiger partial charge in [-0.3, -0.25) is 0 Å². The van der Waals surface area contributed by atoms with Crippen molar-refractivity contribution in [2.75, 3.05) is 6.61 Å². The largest absolute Gasteiger partial charge is 0.376 e. The molecule has 0 saturated heterocycles. The van der Waals surface area contributed by atoms with Crippen LogP contribution in [0.4, 0.5) is 0 Å². The van der Waals surface area contributed by atoms with Gasteiger partial charge in [-0.2, -0.15) is 0 Å². The Balaban J connectivity index is 2.32. The van der Waals surface area contributed by atoms with Gasteiger partial charge < -0.3 is 9.72 Å². The molecule has 0 spiro atoms. The van der Waals surface area contributed by atoms with Crippen LogP contribution in [0.3, 0.4) is 0 Å². The Morgan fingerprint density at radius 3 is 3.21 bits per heavy atom. The Kier molecular flexibility index (Phi) is 1.64. The molecule has 0 atom stereocenters. The van der Waals surface area contributed by atoms with Crippen molar-refractivity contribution >= 4 is 10.9 Å². The van der Waals surface area contributed by atoms with Gasteiger partial charge in [0, 0.05) is 28.6 Å².